The molecule has 4 heteroatoms. The van der Waals surface area contributed by atoms with Gasteiger partial charge in [0.25, 0.3) is 0 Å². The highest BCUT2D eigenvalue weighted by Gasteiger charge is 2.55. The minimum absolute atomic E-state index is 0.169. The van der Waals surface area contributed by atoms with Gasteiger partial charge < -0.3 is 14.2 Å². The van der Waals surface area contributed by atoms with Crippen LogP contribution in [-0.4, -0.2) is 17.9 Å². The van der Waals surface area contributed by atoms with E-state index in [0.29, 0.717) is 24.4 Å². The zero-order valence-corrected chi connectivity index (χ0v) is 17.8. The Morgan fingerprint density at radius 3 is 2.80 bits per heavy atom. The molecule has 2 aliphatic carbocycles. The summed E-state index contributed by atoms with van der Waals surface area (Å²) in [6.07, 6.45) is 4.82. The zero-order valence-electron chi connectivity index (χ0n) is 17.8. The topological polar surface area (TPSA) is 44.8 Å². The van der Waals surface area contributed by atoms with Crippen LogP contribution in [0.2, 0.25) is 0 Å². The molecule has 2 aromatic carbocycles. The van der Waals surface area contributed by atoms with E-state index in [1.807, 2.05) is 18.2 Å². The summed E-state index contributed by atoms with van der Waals surface area (Å²) in [5.41, 5.74) is 3.93. The molecule has 5 rings (SSSR count). The van der Waals surface area contributed by atoms with Crippen molar-refractivity contribution >= 4 is 5.97 Å². The van der Waals surface area contributed by atoms with E-state index in [-0.39, 0.29) is 17.9 Å². The van der Waals surface area contributed by atoms with Crippen LogP contribution in [0.25, 0.3) is 0 Å². The number of aryl methyl sites for hydroxylation is 1. The number of carbonyl (C=O) groups is 1. The van der Waals surface area contributed by atoms with Gasteiger partial charge in [0.1, 0.15) is 12.4 Å². The van der Waals surface area contributed by atoms with Gasteiger partial charge in [-0.05, 0) is 79.2 Å². The number of fused-ring (bicyclic) bond motifs is 5. The number of hydrogen-bond donors (Lipinski definition) is 0. The van der Waals surface area contributed by atoms with Crippen molar-refractivity contribution in [1.82, 2.24) is 0 Å². The van der Waals surface area contributed by atoms with Crippen molar-refractivity contribution in [3.63, 3.8) is 0 Å². The molecule has 1 heterocycles. The quantitative estimate of drug-likeness (QED) is 0.639. The predicted octanol–water partition coefficient (Wildman–Crippen LogP) is 5.39. The maximum absolute atomic E-state index is 11.4. The molecule has 0 aromatic heterocycles. The zero-order chi connectivity index (χ0) is 20.7. The van der Waals surface area contributed by atoms with Crippen LogP contribution in [-0.2, 0) is 27.3 Å². The fourth-order valence-corrected chi connectivity index (χ4v) is 6.06. The average molecular weight is 407 g/mol. The fraction of sp³-hybridized carbons (Fsp3) is 0.500. The smallest absolute Gasteiger partial charge is 0.304 e. The van der Waals surface area contributed by atoms with Crippen LogP contribution in [0.4, 0.5) is 0 Å². The van der Waals surface area contributed by atoms with Gasteiger partial charge in [0.15, 0.2) is 0 Å². The molecule has 2 aromatic rings. The summed E-state index contributed by atoms with van der Waals surface area (Å²) in [6, 6.07) is 17.0. The van der Waals surface area contributed by atoms with Crippen molar-refractivity contribution in [3.05, 3.63) is 65.2 Å². The van der Waals surface area contributed by atoms with Gasteiger partial charge in [0, 0.05) is 13.3 Å². The third-order valence-electron chi connectivity index (χ3n) is 7.42. The summed E-state index contributed by atoms with van der Waals surface area (Å²) in [7, 11) is 0. The Labute approximate surface area is 178 Å². The summed E-state index contributed by atoms with van der Waals surface area (Å²) in [4.78, 5) is 11.4. The van der Waals surface area contributed by atoms with Crippen LogP contribution in [0.1, 0.15) is 62.1 Å². The maximum atomic E-state index is 11.4. The van der Waals surface area contributed by atoms with Crippen molar-refractivity contribution < 1.29 is 19.0 Å². The molecule has 3 unspecified atom stereocenters. The van der Waals surface area contributed by atoms with Crippen molar-refractivity contribution in [1.29, 1.82) is 0 Å². The van der Waals surface area contributed by atoms with Gasteiger partial charge in [0.2, 0.25) is 6.29 Å². The molecule has 0 bridgehead atoms. The molecule has 1 saturated carbocycles. The van der Waals surface area contributed by atoms with Crippen molar-refractivity contribution in [3.8, 4) is 5.75 Å². The maximum Gasteiger partial charge on any atom is 0.304 e. The first-order valence-corrected chi connectivity index (χ1v) is 11.2. The molecule has 3 aliphatic rings. The highest BCUT2D eigenvalue weighted by atomic mass is 16.7. The lowest BCUT2D eigenvalue weighted by atomic mass is 9.59. The third-order valence-corrected chi connectivity index (χ3v) is 7.42. The summed E-state index contributed by atoms with van der Waals surface area (Å²) in [5.74, 6) is 2.30. The molecular weight excluding hydrogens is 376 g/mol. The van der Waals surface area contributed by atoms with Gasteiger partial charge in [-0.1, -0.05) is 36.4 Å². The van der Waals surface area contributed by atoms with Gasteiger partial charge in [-0.2, -0.15) is 0 Å². The van der Waals surface area contributed by atoms with Gasteiger partial charge in [0.05, 0.1) is 5.60 Å². The molecule has 2 fully saturated rings. The number of ether oxygens (including phenoxy) is 3. The van der Waals surface area contributed by atoms with Crippen molar-refractivity contribution in [2.24, 2.45) is 11.8 Å². The molecule has 0 radical (unpaired) electrons. The molecular formula is C26H30O4. The monoisotopic (exact) mass is 406 g/mol. The summed E-state index contributed by atoms with van der Waals surface area (Å²) < 4.78 is 17.7. The number of carbonyl (C=O) groups excluding carboxylic acids is 1. The van der Waals surface area contributed by atoms with Gasteiger partial charge in [-0.25, -0.2) is 0 Å². The third kappa shape index (κ3) is 3.62. The van der Waals surface area contributed by atoms with E-state index in [4.69, 9.17) is 14.2 Å². The number of benzene rings is 2. The average Bonchev–Trinajstić information content (AvgIpc) is 3.08. The summed E-state index contributed by atoms with van der Waals surface area (Å²) >= 11 is 0. The van der Waals surface area contributed by atoms with E-state index < -0.39 is 0 Å². The minimum Gasteiger partial charge on any atom is -0.489 e. The molecule has 4 nitrogen and oxygen atoms in total. The second-order valence-electron chi connectivity index (χ2n) is 9.29. The normalized spacial score (nSPS) is 31.9. The number of rotatable bonds is 4. The van der Waals surface area contributed by atoms with Crippen LogP contribution in [0, 0.1) is 11.8 Å². The molecule has 0 spiro atoms. The van der Waals surface area contributed by atoms with Crippen LogP contribution in [0.5, 0.6) is 5.75 Å². The van der Waals surface area contributed by atoms with E-state index in [1.54, 1.807) is 0 Å². The first kappa shape index (κ1) is 19.6. The molecule has 1 aliphatic heterocycles. The second-order valence-corrected chi connectivity index (χ2v) is 9.29. The minimum atomic E-state index is -0.383. The summed E-state index contributed by atoms with van der Waals surface area (Å²) in [5, 5.41) is 0. The lowest BCUT2D eigenvalue weighted by molar-refractivity contribution is -0.188. The Balaban J connectivity index is 1.31. The second kappa shape index (κ2) is 7.73. The highest BCUT2D eigenvalue weighted by Crippen LogP contribution is 2.57. The number of hydrogen-bond acceptors (Lipinski definition) is 4. The summed E-state index contributed by atoms with van der Waals surface area (Å²) in [6.45, 7) is 4.28. The Hall–Kier alpha value is -2.33. The van der Waals surface area contributed by atoms with Crippen LogP contribution in [0.15, 0.2) is 48.5 Å². The molecule has 158 valence electrons. The van der Waals surface area contributed by atoms with Crippen LogP contribution >= 0.6 is 0 Å². The lowest BCUT2D eigenvalue weighted by Gasteiger charge is -2.47. The molecule has 1 saturated heterocycles. The first-order chi connectivity index (χ1) is 14.5. The molecule has 0 amide bonds. The number of esters is 1. The standard InChI is InChI=1S/C26H30O4/c1-17(27)29-25-15-24-23-10-8-19-14-20(28-16-18-6-4-3-5-7-18)9-11-21(19)22(23)12-13-26(24,2)30-25/h3-7,9,11,14,22-25H,8,10,12-13,15-16H2,1-2H3/t22?,23?,24?,25-,26-/m0/s1. The highest BCUT2D eigenvalue weighted by molar-refractivity contribution is 5.66. The molecule has 0 N–H and O–H groups in total. The van der Waals surface area contributed by atoms with Gasteiger partial charge >= 0.3 is 5.97 Å². The van der Waals surface area contributed by atoms with E-state index in [1.165, 1.54) is 23.6 Å². The van der Waals surface area contributed by atoms with Crippen molar-refractivity contribution in [2.75, 3.05) is 0 Å². The van der Waals surface area contributed by atoms with E-state index >= 15 is 0 Å². The van der Waals surface area contributed by atoms with Gasteiger partial charge in [-0.15, -0.1) is 0 Å². The largest absolute Gasteiger partial charge is 0.489 e. The van der Waals surface area contributed by atoms with E-state index in [9.17, 15) is 4.79 Å². The fourth-order valence-electron chi connectivity index (χ4n) is 6.06. The van der Waals surface area contributed by atoms with E-state index in [2.05, 4.69) is 37.3 Å². The Bertz CT molecular complexity index is 924. The Kier molecular flexibility index (Phi) is 5.06. The first-order valence-electron chi connectivity index (χ1n) is 11.2. The lowest BCUT2D eigenvalue weighted by Crippen LogP contribution is -2.44. The van der Waals surface area contributed by atoms with Crippen LogP contribution in [0.3, 0.4) is 0 Å². The molecule has 5 atom stereocenters. The van der Waals surface area contributed by atoms with Crippen LogP contribution < -0.4 is 4.74 Å². The Morgan fingerprint density at radius 2 is 2.00 bits per heavy atom. The van der Waals surface area contributed by atoms with Crippen molar-refractivity contribution in [2.45, 2.75) is 70.4 Å². The Morgan fingerprint density at radius 1 is 1.17 bits per heavy atom. The predicted molar refractivity (Wildman–Crippen MR) is 114 cm³/mol. The van der Waals surface area contributed by atoms with E-state index in [0.717, 1.165) is 37.9 Å². The van der Waals surface area contributed by atoms with Gasteiger partial charge in [-0.3, -0.25) is 4.79 Å². The SMILES string of the molecule is CC(=O)O[C@@H]1CC2C3CCc4cc(OCc5ccccc5)ccc4C3CC[C@]2(C)O1. The molecule has 30 heavy (non-hydrogen) atoms.